The molecule has 0 spiro atoms. The van der Waals surface area contributed by atoms with Crippen LogP contribution >= 0.6 is 0 Å². The Balaban J connectivity index is 1.58. The number of rotatable bonds is 2. The van der Waals surface area contributed by atoms with Gasteiger partial charge in [-0.1, -0.05) is 11.2 Å². The van der Waals surface area contributed by atoms with Crippen LogP contribution in [0.5, 0.6) is 0 Å². The third kappa shape index (κ3) is 1.27. The lowest BCUT2D eigenvalue weighted by Crippen LogP contribution is -1.99. The summed E-state index contributed by atoms with van der Waals surface area (Å²) in [5, 5.41) is 4.01. The molecule has 4 heteroatoms. The predicted octanol–water partition coefficient (Wildman–Crippen LogP) is 3.08. The van der Waals surface area contributed by atoms with Gasteiger partial charge in [0.15, 0.2) is 11.6 Å². The summed E-state index contributed by atoms with van der Waals surface area (Å²) in [6.45, 7) is 0. The van der Waals surface area contributed by atoms with Crippen LogP contribution in [0, 0.1) is 23.7 Å². The first-order chi connectivity index (χ1) is 9.84. The number of anilines is 1. The van der Waals surface area contributed by atoms with Gasteiger partial charge in [0.05, 0.1) is 11.3 Å². The van der Waals surface area contributed by atoms with Gasteiger partial charge >= 0.3 is 0 Å². The number of nitrogens with two attached hydrogens (primary N) is 1. The second kappa shape index (κ2) is 3.62. The smallest absolute Gasteiger partial charge is 0.176 e. The zero-order valence-corrected chi connectivity index (χ0v) is 11.2. The maximum Gasteiger partial charge on any atom is 0.176 e. The highest BCUT2D eigenvalue weighted by atomic mass is 16.5. The average Bonchev–Trinajstić information content (AvgIpc) is 2.80. The van der Waals surface area contributed by atoms with Crippen molar-refractivity contribution in [1.29, 1.82) is 0 Å². The average molecular weight is 267 g/mol. The molecule has 0 aromatic carbocycles. The third-order valence-electron chi connectivity index (χ3n) is 5.70. The van der Waals surface area contributed by atoms with Crippen LogP contribution in [0.2, 0.25) is 0 Å². The van der Waals surface area contributed by atoms with Gasteiger partial charge in [0.25, 0.3) is 0 Å². The number of nitrogen functional groups attached to an aromatic ring is 1. The Hall–Kier alpha value is -1.84. The summed E-state index contributed by atoms with van der Waals surface area (Å²) >= 11 is 0. The van der Waals surface area contributed by atoms with E-state index in [9.17, 15) is 0 Å². The molecule has 0 amide bonds. The van der Waals surface area contributed by atoms with Crippen LogP contribution in [0.15, 0.2) is 28.9 Å². The van der Waals surface area contributed by atoms with Gasteiger partial charge in [0.2, 0.25) is 0 Å². The van der Waals surface area contributed by atoms with Crippen molar-refractivity contribution in [3.05, 3.63) is 30.2 Å². The normalized spacial score (nSPS) is 37.1. The van der Waals surface area contributed by atoms with Crippen molar-refractivity contribution < 1.29 is 4.52 Å². The maximum atomic E-state index is 6.03. The molecule has 3 fully saturated rings. The van der Waals surface area contributed by atoms with Gasteiger partial charge in [-0.15, -0.1) is 0 Å². The predicted molar refractivity (Wildman–Crippen MR) is 74.7 cm³/mol. The Kier molecular flexibility index (Phi) is 1.97. The number of nitrogens with zero attached hydrogens (tertiary/aromatic N) is 2. The highest BCUT2D eigenvalue weighted by molar-refractivity contribution is 5.73. The number of hydrogen-bond acceptors (Lipinski definition) is 4. The highest BCUT2D eigenvalue weighted by Crippen LogP contribution is 2.73. The number of pyridine rings is 1. The lowest BCUT2D eigenvalue weighted by atomic mass is 9.98. The molecule has 3 aliphatic rings. The molecule has 2 aromatic rings. The van der Waals surface area contributed by atoms with E-state index in [0.29, 0.717) is 11.7 Å². The first-order valence-electron chi connectivity index (χ1n) is 7.51. The topological polar surface area (TPSA) is 64.9 Å². The molecule has 5 rings (SSSR count). The Bertz CT molecular complexity index is 650. The maximum absolute atomic E-state index is 6.03. The molecular formula is C16H17N3O. The molecule has 0 aliphatic heterocycles. The highest BCUT2D eigenvalue weighted by Gasteiger charge is 2.67. The SMILES string of the molecule is Nc1noc(C2C3C4CCC(C4)C23)c1-c1ccccn1. The summed E-state index contributed by atoms with van der Waals surface area (Å²) < 4.78 is 5.62. The Morgan fingerprint density at radius 3 is 2.65 bits per heavy atom. The van der Waals surface area contributed by atoms with E-state index in [0.717, 1.165) is 40.7 Å². The molecule has 20 heavy (non-hydrogen) atoms. The van der Waals surface area contributed by atoms with Crippen LogP contribution in [-0.4, -0.2) is 10.1 Å². The molecule has 4 atom stereocenters. The van der Waals surface area contributed by atoms with Crippen LogP contribution in [-0.2, 0) is 0 Å². The second-order valence-electron chi connectivity index (χ2n) is 6.54. The van der Waals surface area contributed by atoms with Crippen LogP contribution in [0.25, 0.3) is 11.3 Å². The van der Waals surface area contributed by atoms with E-state index in [2.05, 4.69) is 10.1 Å². The molecule has 102 valence electrons. The molecule has 2 heterocycles. The fraction of sp³-hybridized carbons (Fsp3) is 0.500. The van der Waals surface area contributed by atoms with E-state index in [1.165, 1.54) is 19.3 Å². The molecule has 2 bridgehead atoms. The summed E-state index contributed by atoms with van der Waals surface area (Å²) in [5.74, 6) is 5.50. The minimum atomic E-state index is 0.482. The lowest BCUT2D eigenvalue weighted by Gasteiger charge is -2.07. The van der Waals surface area contributed by atoms with Gasteiger partial charge < -0.3 is 10.3 Å². The van der Waals surface area contributed by atoms with Crippen molar-refractivity contribution in [2.75, 3.05) is 5.73 Å². The molecule has 0 radical (unpaired) electrons. The summed E-state index contributed by atoms with van der Waals surface area (Å²) in [5.41, 5.74) is 7.85. The zero-order chi connectivity index (χ0) is 13.3. The second-order valence-corrected chi connectivity index (χ2v) is 6.54. The fourth-order valence-electron chi connectivity index (χ4n) is 4.99. The van der Waals surface area contributed by atoms with Gasteiger partial charge in [0, 0.05) is 12.1 Å². The standard InChI is InChI=1S/C16H17N3O/c17-16-13(10-3-1-2-6-18-10)15(20-19-16)14-11-8-4-5-9(7-8)12(11)14/h1-3,6,8-9,11-12,14H,4-5,7H2,(H2,17,19). The van der Waals surface area contributed by atoms with E-state index < -0.39 is 0 Å². The monoisotopic (exact) mass is 267 g/mol. The molecule has 0 saturated heterocycles. The largest absolute Gasteiger partial charge is 0.380 e. The first kappa shape index (κ1) is 10.9. The van der Waals surface area contributed by atoms with Crippen LogP contribution in [0.3, 0.4) is 0 Å². The summed E-state index contributed by atoms with van der Waals surface area (Å²) in [4.78, 5) is 4.42. The van der Waals surface area contributed by atoms with E-state index in [1.807, 2.05) is 18.2 Å². The molecule has 4 nitrogen and oxygen atoms in total. The van der Waals surface area contributed by atoms with Crippen molar-refractivity contribution in [2.24, 2.45) is 23.7 Å². The van der Waals surface area contributed by atoms with E-state index in [4.69, 9.17) is 10.3 Å². The molecule has 3 saturated carbocycles. The number of aromatic nitrogens is 2. The van der Waals surface area contributed by atoms with Gasteiger partial charge in [0.1, 0.15) is 0 Å². The van der Waals surface area contributed by atoms with Gasteiger partial charge in [-0.25, -0.2) is 0 Å². The minimum Gasteiger partial charge on any atom is -0.380 e. The van der Waals surface area contributed by atoms with Gasteiger partial charge in [-0.2, -0.15) is 0 Å². The third-order valence-corrected chi connectivity index (χ3v) is 5.70. The van der Waals surface area contributed by atoms with E-state index in [1.54, 1.807) is 6.20 Å². The summed E-state index contributed by atoms with van der Waals surface area (Å²) in [6, 6.07) is 5.88. The van der Waals surface area contributed by atoms with Crippen molar-refractivity contribution >= 4 is 5.82 Å². The molecule has 4 unspecified atom stereocenters. The molecule has 2 N–H and O–H groups in total. The first-order valence-corrected chi connectivity index (χ1v) is 7.51. The Morgan fingerprint density at radius 1 is 1.15 bits per heavy atom. The minimum absolute atomic E-state index is 0.482. The van der Waals surface area contributed by atoms with E-state index >= 15 is 0 Å². The van der Waals surface area contributed by atoms with Crippen molar-refractivity contribution in [1.82, 2.24) is 10.1 Å². The molecular weight excluding hydrogens is 250 g/mol. The van der Waals surface area contributed by atoms with Crippen molar-refractivity contribution in [2.45, 2.75) is 25.2 Å². The number of hydrogen-bond donors (Lipinski definition) is 1. The Labute approximate surface area is 117 Å². The van der Waals surface area contributed by atoms with Crippen LogP contribution in [0.4, 0.5) is 5.82 Å². The summed E-state index contributed by atoms with van der Waals surface area (Å²) in [6.07, 6.45) is 6.05. The fourth-order valence-corrected chi connectivity index (χ4v) is 4.99. The molecule has 3 aliphatic carbocycles. The van der Waals surface area contributed by atoms with Gasteiger partial charge in [-0.05, 0) is 55.1 Å². The number of fused-ring (bicyclic) bond motifs is 5. The van der Waals surface area contributed by atoms with E-state index in [-0.39, 0.29) is 0 Å². The lowest BCUT2D eigenvalue weighted by molar-refractivity contribution is 0.364. The Morgan fingerprint density at radius 2 is 1.95 bits per heavy atom. The van der Waals surface area contributed by atoms with Crippen molar-refractivity contribution in [3.8, 4) is 11.3 Å². The van der Waals surface area contributed by atoms with Crippen LogP contribution in [0.1, 0.15) is 30.9 Å². The summed E-state index contributed by atoms with van der Waals surface area (Å²) in [7, 11) is 0. The van der Waals surface area contributed by atoms with Crippen LogP contribution < -0.4 is 5.73 Å². The molecule has 2 aromatic heterocycles. The quantitative estimate of drug-likeness (QED) is 0.908. The van der Waals surface area contributed by atoms with Gasteiger partial charge in [-0.3, -0.25) is 4.98 Å². The van der Waals surface area contributed by atoms with Crippen molar-refractivity contribution in [3.63, 3.8) is 0 Å². The zero-order valence-electron chi connectivity index (χ0n) is 11.2.